The Morgan fingerprint density at radius 2 is 1.56 bits per heavy atom. The van der Waals surface area contributed by atoms with E-state index in [1.165, 1.54) is 45.4 Å². The van der Waals surface area contributed by atoms with E-state index >= 15 is 0 Å². The first-order chi connectivity index (χ1) is 7.56. The highest BCUT2D eigenvalue weighted by Gasteiger charge is 2.45. The van der Waals surface area contributed by atoms with Gasteiger partial charge in [-0.3, -0.25) is 4.90 Å². The van der Waals surface area contributed by atoms with Crippen molar-refractivity contribution in [3.63, 3.8) is 0 Å². The molecule has 2 aliphatic rings. The van der Waals surface area contributed by atoms with Gasteiger partial charge >= 0.3 is 0 Å². The summed E-state index contributed by atoms with van der Waals surface area (Å²) in [6.45, 7) is 14.7. The molecule has 0 aromatic carbocycles. The molecule has 0 amide bonds. The van der Waals surface area contributed by atoms with Gasteiger partial charge < -0.3 is 4.90 Å². The zero-order chi connectivity index (χ0) is 11.8. The van der Waals surface area contributed by atoms with Gasteiger partial charge in [-0.1, -0.05) is 6.92 Å². The van der Waals surface area contributed by atoms with Crippen molar-refractivity contribution in [1.82, 2.24) is 9.80 Å². The van der Waals surface area contributed by atoms with Crippen molar-refractivity contribution < 1.29 is 0 Å². The Hall–Kier alpha value is -0.0800. The molecule has 0 radical (unpaired) electrons. The quantitative estimate of drug-likeness (QED) is 0.727. The molecular weight excluding hydrogens is 196 g/mol. The average molecular weight is 224 g/mol. The Labute approximate surface area is 101 Å². The number of rotatable bonds is 3. The standard InChI is InChI=1S/C14H28N2/c1-5-13(4)16-10-14(11-16)6-8-15(9-7-14)12(2)3/h12-13H,5-11H2,1-4H3. The van der Waals surface area contributed by atoms with Gasteiger partial charge in [-0.2, -0.15) is 0 Å². The molecule has 1 atom stereocenters. The predicted molar refractivity (Wildman–Crippen MR) is 69.7 cm³/mol. The van der Waals surface area contributed by atoms with Gasteiger partial charge in [-0.15, -0.1) is 0 Å². The maximum absolute atomic E-state index is 2.67. The van der Waals surface area contributed by atoms with E-state index in [-0.39, 0.29) is 0 Å². The molecule has 1 spiro atoms. The van der Waals surface area contributed by atoms with Gasteiger partial charge in [0.2, 0.25) is 0 Å². The lowest BCUT2D eigenvalue weighted by Crippen LogP contribution is -2.62. The largest absolute Gasteiger partial charge is 0.301 e. The van der Waals surface area contributed by atoms with Crippen molar-refractivity contribution in [2.75, 3.05) is 26.2 Å². The summed E-state index contributed by atoms with van der Waals surface area (Å²) >= 11 is 0. The van der Waals surface area contributed by atoms with Crippen LogP contribution in [0.1, 0.15) is 47.0 Å². The summed E-state index contributed by atoms with van der Waals surface area (Å²) in [5.74, 6) is 0. The molecule has 2 heterocycles. The predicted octanol–water partition coefficient (Wildman–Crippen LogP) is 2.59. The van der Waals surface area contributed by atoms with E-state index < -0.39 is 0 Å². The van der Waals surface area contributed by atoms with E-state index in [0.29, 0.717) is 5.41 Å². The van der Waals surface area contributed by atoms with Crippen LogP contribution in [0.2, 0.25) is 0 Å². The van der Waals surface area contributed by atoms with Gasteiger partial charge in [0.1, 0.15) is 0 Å². The molecule has 2 nitrogen and oxygen atoms in total. The van der Waals surface area contributed by atoms with Crippen molar-refractivity contribution in [2.24, 2.45) is 5.41 Å². The van der Waals surface area contributed by atoms with Crippen LogP contribution in [0.3, 0.4) is 0 Å². The van der Waals surface area contributed by atoms with Crippen molar-refractivity contribution in [1.29, 1.82) is 0 Å². The minimum Gasteiger partial charge on any atom is -0.301 e. The first kappa shape index (κ1) is 12.4. The lowest BCUT2D eigenvalue weighted by atomic mass is 9.71. The molecule has 2 fully saturated rings. The molecule has 0 saturated carbocycles. The SMILES string of the molecule is CCC(C)N1CC2(CCN(C(C)C)CC2)C1. The number of nitrogens with zero attached hydrogens (tertiary/aromatic N) is 2. The minimum absolute atomic E-state index is 0.703. The minimum atomic E-state index is 0.703. The summed E-state index contributed by atoms with van der Waals surface area (Å²) in [5, 5.41) is 0. The third kappa shape index (κ3) is 2.28. The van der Waals surface area contributed by atoms with Gasteiger partial charge in [0, 0.05) is 25.2 Å². The van der Waals surface area contributed by atoms with Gasteiger partial charge in [-0.05, 0) is 58.5 Å². The fraction of sp³-hybridized carbons (Fsp3) is 1.00. The highest BCUT2D eigenvalue weighted by atomic mass is 15.2. The van der Waals surface area contributed by atoms with Crippen LogP contribution >= 0.6 is 0 Å². The van der Waals surface area contributed by atoms with Crippen molar-refractivity contribution >= 4 is 0 Å². The Balaban J connectivity index is 1.78. The Bertz CT molecular complexity index is 221. The van der Waals surface area contributed by atoms with Crippen LogP contribution in [0.4, 0.5) is 0 Å². The summed E-state index contributed by atoms with van der Waals surface area (Å²) in [6.07, 6.45) is 4.16. The molecule has 16 heavy (non-hydrogen) atoms. The van der Waals surface area contributed by atoms with E-state index in [9.17, 15) is 0 Å². The number of likely N-dealkylation sites (tertiary alicyclic amines) is 2. The molecule has 0 N–H and O–H groups in total. The molecule has 0 bridgehead atoms. The third-order valence-electron chi connectivity index (χ3n) is 4.88. The maximum Gasteiger partial charge on any atom is 0.00647 e. The van der Waals surface area contributed by atoms with Crippen molar-refractivity contribution in [3.8, 4) is 0 Å². The topological polar surface area (TPSA) is 6.48 Å². The smallest absolute Gasteiger partial charge is 0.00647 e. The molecule has 2 saturated heterocycles. The van der Waals surface area contributed by atoms with Crippen LogP contribution in [0.5, 0.6) is 0 Å². The van der Waals surface area contributed by atoms with Crippen LogP contribution in [-0.2, 0) is 0 Å². The van der Waals surface area contributed by atoms with Crippen LogP contribution < -0.4 is 0 Å². The van der Waals surface area contributed by atoms with Gasteiger partial charge in [0.05, 0.1) is 0 Å². The van der Waals surface area contributed by atoms with E-state index in [1.807, 2.05) is 0 Å². The molecule has 0 aromatic rings. The number of piperidine rings is 1. The van der Waals surface area contributed by atoms with Gasteiger partial charge in [0.15, 0.2) is 0 Å². The highest BCUT2D eigenvalue weighted by Crippen LogP contribution is 2.41. The van der Waals surface area contributed by atoms with Crippen LogP contribution in [0.15, 0.2) is 0 Å². The van der Waals surface area contributed by atoms with E-state index in [2.05, 4.69) is 37.5 Å². The number of hydrogen-bond acceptors (Lipinski definition) is 2. The van der Waals surface area contributed by atoms with E-state index in [4.69, 9.17) is 0 Å². The van der Waals surface area contributed by atoms with Crippen LogP contribution in [-0.4, -0.2) is 48.1 Å². The summed E-state index contributed by atoms with van der Waals surface area (Å²) < 4.78 is 0. The van der Waals surface area contributed by atoms with E-state index in [1.54, 1.807) is 0 Å². The zero-order valence-electron chi connectivity index (χ0n) is 11.5. The van der Waals surface area contributed by atoms with E-state index in [0.717, 1.165) is 12.1 Å². The van der Waals surface area contributed by atoms with Crippen LogP contribution in [0.25, 0.3) is 0 Å². The highest BCUT2D eigenvalue weighted by molar-refractivity contribution is 4.99. The zero-order valence-corrected chi connectivity index (χ0v) is 11.5. The second-order valence-corrected chi connectivity index (χ2v) is 6.29. The molecule has 94 valence electrons. The molecule has 1 unspecified atom stereocenters. The Morgan fingerprint density at radius 1 is 1.00 bits per heavy atom. The lowest BCUT2D eigenvalue weighted by molar-refractivity contribution is -0.0701. The molecule has 2 heteroatoms. The molecule has 2 aliphatic heterocycles. The summed E-state index contributed by atoms with van der Waals surface area (Å²) in [5.41, 5.74) is 0.703. The fourth-order valence-electron chi connectivity index (χ4n) is 3.22. The Morgan fingerprint density at radius 3 is 2.00 bits per heavy atom. The molecule has 0 aromatic heterocycles. The first-order valence-electron chi connectivity index (χ1n) is 7.04. The lowest BCUT2D eigenvalue weighted by Gasteiger charge is -2.56. The van der Waals surface area contributed by atoms with Gasteiger partial charge in [-0.25, -0.2) is 0 Å². The molecule has 2 rings (SSSR count). The number of hydrogen-bond donors (Lipinski definition) is 0. The first-order valence-corrected chi connectivity index (χ1v) is 7.04. The maximum atomic E-state index is 2.67. The fourth-order valence-corrected chi connectivity index (χ4v) is 3.22. The second kappa shape index (κ2) is 4.66. The second-order valence-electron chi connectivity index (χ2n) is 6.29. The molecular formula is C14H28N2. The van der Waals surface area contributed by atoms with Crippen molar-refractivity contribution in [3.05, 3.63) is 0 Å². The normalized spacial score (nSPS) is 28.3. The van der Waals surface area contributed by atoms with Crippen LogP contribution in [0, 0.1) is 5.41 Å². The third-order valence-corrected chi connectivity index (χ3v) is 4.88. The monoisotopic (exact) mass is 224 g/mol. The summed E-state index contributed by atoms with van der Waals surface area (Å²) in [7, 11) is 0. The Kier molecular flexibility index (Phi) is 3.60. The van der Waals surface area contributed by atoms with Gasteiger partial charge in [0.25, 0.3) is 0 Å². The van der Waals surface area contributed by atoms with Crippen molar-refractivity contribution in [2.45, 2.75) is 59.0 Å². The average Bonchev–Trinajstić information content (AvgIpc) is 2.25. The summed E-state index contributed by atoms with van der Waals surface area (Å²) in [4.78, 5) is 5.31. The molecule has 0 aliphatic carbocycles. The summed E-state index contributed by atoms with van der Waals surface area (Å²) in [6, 6.07) is 1.54.